The maximum Gasteiger partial charge on any atom is 0.239 e. The van der Waals surface area contributed by atoms with E-state index in [1.54, 1.807) is 0 Å². The van der Waals surface area contributed by atoms with Crippen LogP contribution in [0.25, 0.3) is 11.1 Å². The summed E-state index contributed by atoms with van der Waals surface area (Å²) < 4.78 is 26.3. The first-order valence-corrected chi connectivity index (χ1v) is 15.9. The van der Waals surface area contributed by atoms with Gasteiger partial charge in [-0.2, -0.15) is 5.11 Å². The summed E-state index contributed by atoms with van der Waals surface area (Å²) in [5.41, 5.74) is 4.28. The van der Waals surface area contributed by atoms with Crippen molar-refractivity contribution in [1.29, 1.82) is 0 Å². The molecule has 9 nitrogen and oxygen atoms in total. The van der Waals surface area contributed by atoms with E-state index in [1.165, 1.54) is 5.56 Å². The molecule has 3 fully saturated rings. The number of hydrogen-bond donors (Lipinski definition) is 3. The van der Waals surface area contributed by atoms with E-state index in [0.717, 1.165) is 94.1 Å². The number of nitrogens with zero attached hydrogens (tertiary/aromatic N) is 4. The largest absolute Gasteiger partial charge is 0.317 e. The molecule has 0 atom stereocenters. The van der Waals surface area contributed by atoms with Gasteiger partial charge in [0.05, 0.1) is 4.90 Å². The first kappa shape index (κ1) is 26.7. The van der Waals surface area contributed by atoms with Crippen LogP contribution < -0.4 is 15.8 Å². The highest BCUT2D eigenvalue weighted by molar-refractivity contribution is 7.89. The van der Waals surface area contributed by atoms with Crippen LogP contribution in [-0.2, 0) is 16.4 Å². The van der Waals surface area contributed by atoms with Gasteiger partial charge in [0.2, 0.25) is 10.0 Å². The zero-order valence-electron chi connectivity index (χ0n) is 22.5. The van der Waals surface area contributed by atoms with Crippen LogP contribution in [0.15, 0.2) is 56.5 Å². The summed E-state index contributed by atoms with van der Waals surface area (Å²) in [6.45, 7) is 7.79. The number of nitrogens with two attached hydrogens (primary N) is 1. The first-order valence-electron chi connectivity index (χ1n) is 14.3. The predicted octanol–water partition coefficient (Wildman–Crippen LogP) is 3.11. The molecular weight excluding hydrogens is 510 g/mol. The van der Waals surface area contributed by atoms with Crippen LogP contribution in [-0.4, -0.2) is 71.6 Å². The molecule has 0 saturated carbocycles. The first-order chi connectivity index (χ1) is 19.0. The molecule has 0 radical (unpaired) electrons. The zero-order chi connectivity index (χ0) is 26.8. The number of nitrogens with one attached hydrogen (secondary N) is 2. The Morgan fingerprint density at radius 2 is 1.67 bits per heavy atom. The van der Waals surface area contributed by atoms with E-state index in [-0.39, 0.29) is 11.6 Å². The van der Waals surface area contributed by atoms with Gasteiger partial charge in [-0.15, -0.1) is 5.11 Å². The second-order valence-corrected chi connectivity index (χ2v) is 13.0. The average Bonchev–Trinajstić information content (AvgIpc) is 3.46. The van der Waals surface area contributed by atoms with Gasteiger partial charge >= 0.3 is 0 Å². The second kappa shape index (κ2) is 11.5. The Morgan fingerprint density at radius 1 is 0.923 bits per heavy atom. The quantitative estimate of drug-likeness (QED) is 0.467. The van der Waals surface area contributed by atoms with E-state index in [2.05, 4.69) is 55.0 Å². The molecule has 4 heterocycles. The van der Waals surface area contributed by atoms with Gasteiger partial charge in [0.15, 0.2) is 12.5 Å². The Labute approximate surface area is 231 Å². The molecule has 3 saturated heterocycles. The Hall–Kier alpha value is -2.50. The summed E-state index contributed by atoms with van der Waals surface area (Å²) in [5.74, 6) is 2.08. The molecule has 10 heteroatoms. The molecule has 4 N–H and O–H groups in total. The Kier molecular flexibility index (Phi) is 7.91. The van der Waals surface area contributed by atoms with Gasteiger partial charge in [0, 0.05) is 25.2 Å². The van der Waals surface area contributed by atoms with Crippen LogP contribution in [0.1, 0.15) is 48.3 Å². The third-order valence-corrected chi connectivity index (χ3v) is 9.86. The molecule has 2 aromatic carbocycles. The Bertz CT molecular complexity index is 1340. The number of primary sulfonamides is 1. The fourth-order valence-electron chi connectivity index (χ4n) is 6.55. The molecule has 0 aromatic heterocycles. The molecule has 2 aromatic rings. The summed E-state index contributed by atoms with van der Waals surface area (Å²) >= 11 is 0. The van der Waals surface area contributed by atoms with Crippen molar-refractivity contribution >= 4 is 15.9 Å². The van der Waals surface area contributed by atoms with Gasteiger partial charge < -0.3 is 15.5 Å². The van der Waals surface area contributed by atoms with Crippen molar-refractivity contribution in [2.75, 3.05) is 52.5 Å². The van der Waals surface area contributed by atoms with Gasteiger partial charge in [-0.05, 0) is 98.3 Å². The standard InChI is InChI=1S/C29H39N7O2S/c30-39(37,38)28-25(15-20-9-13-36(14-10-20)18-21-16-32-17-21)5-6-26(27(28)29-33-19-34-35-29)24-3-1-22(2-4-24)23-7-11-31-12-8-23/h1-6,20-21,23,31-32H,7-19H2,(H2,30,37,38). The fraction of sp³-hybridized carbons (Fsp3) is 0.552. The number of benzene rings is 2. The molecule has 39 heavy (non-hydrogen) atoms. The number of amidine groups is 1. The molecule has 4 aliphatic heterocycles. The monoisotopic (exact) mass is 549 g/mol. The zero-order valence-corrected chi connectivity index (χ0v) is 23.3. The molecular formula is C29H39N7O2S. The highest BCUT2D eigenvalue weighted by atomic mass is 32.2. The SMILES string of the molecule is NS(=O)(=O)c1c(CC2CCN(CC3CNC3)CC2)ccc(-c2ccc(C3CCNCC3)cc2)c1C1=NCN=N1. The van der Waals surface area contributed by atoms with Gasteiger partial charge in [-0.25, -0.2) is 18.5 Å². The fourth-order valence-corrected chi connectivity index (χ4v) is 7.55. The summed E-state index contributed by atoms with van der Waals surface area (Å²) in [7, 11) is -4.04. The van der Waals surface area contributed by atoms with Crippen molar-refractivity contribution < 1.29 is 8.42 Å². The lowest BCUT2D eigenvalue weighted by Gasteiger charge is -2.37. The molecule has 0 amide bonds. The maximum absolute atomic E-state index is 13.2. The molecule has 208 valence electrons. The lowest BCUT2D eigenvalue weighted by molar-refractivity contribution is 0.140. The number of azo groups is 1. The number of hydrogen-bond acceptors (Lipinski definition) is 8. The molecule has 0 unspecified atom stereocenters. The summed E-state index contributed by atoms with van der Waals surface area (Å²) in [6.07, 6.45) is 5.04. The Morgan fingerprint density at radius 3 is 2.28 bits per heavy atom. The minimum Gasteiger partial charge on any atom is -0.317 e. The molecule has 0 bridgehead atoms. The van der Waals surface area contributed by atoms with E-state index in [1.807, 2.05) is 12.1 Å². The van der Waals surface area contributed by atoms with Crippen LogP contribution in [0.5, 0.6) is 0 Å². The minimum atomic E-state index is -4.04. The van der Waals surface area contributed by atoms with Gasteiger partial charge in [0.1, 0.15) is 0 Å². The highest BCUT2D eigenvalue weighted by Gasteiger charge is 2.30. The smallest absolute Gasteiger partial charge is 0.239 e. The van der Waals surface area contributed by atoms with E-state index in [9.17, 15) is 8.42 Å². The van der Waals surface area contributed by atoms with Crippen LogP contribution in [0, 0.1) is 11.8 Å². The summed E-state index contributed by atoms with van der Waals surface area (Å²) in [6, 6.07) is 12.5. The Balaban J connectivity index is 1.30. The molecule has 0 aliphatic carbocycles. The van der Waals surface area contributed by atoms with Crippen molar-refractivity contribution in [1.82, 2.24) is 15.5 Å². The van der Waals surface area contributed by atoms with E-state index < -0.39 is 10.0 Å². The maximum atomic E-state index is 13.2. The van der Waals surface area contributed by atoms with Gasteiger partial charge in [-0.1, -0.05) is 36.4 Å². The molecule has 6 rings (SSSR count). The van der Waals surface area contributed by atoms with Crippen molar-refractivity contribution in [3.05, 3.63) is 53.1 Å². The average molecular weight is 550 g/mol. The van der Waals surface area contributed by atoms with E-state index in [0.29, 0.717) is 29.7 Å². The summed E-state index contributed by atoms with van der Waals surface area (Å²) in [4.78, 5) is 7.15. The normalized spacial score (nSPS) is 21.7. The van der Waals surface area contributed by atoms with Crippen molar-refractivity contribution in [2.45, 2.75) is 42.9 Å². The number of aliphatic imine (C=N–C) groups is 1. The van der Waals surface area contributed by atoms with Crippen molar-refractivity contribution in [2.24, 2.45) is 32.2 Å². The van der Waals surface area contributed by atoms with Gasteiger partial charge in [-0.3, -0.25) is 0 Å². The van der Waals surface area contributed by atoms with Crippen molar-refractivity contribution in [3.8, 4) is 11.1 Å². The second-order valence-electron chi connectivity index (χ2n) is 11.5. The number of rotatable bonds is 8. The molecule has 0 spiro atoms. The number of likely N-dealkylation sites (tertiary alicyclic amines) is 1. The van der Waals surface area contributed by atoms with Crippen LogP contribution in [0.2, 0.25) is 0 Å². The lowest BCUT2D eigenvalue weighted by atomic mass is 9.86. The van der Waals surface area contributed by atoms with Crippen LogP contribution in [0.3, 0.4) is 0 Å². The third kappa shape index (κ3) is 6.00. The van der Waals surface area contributed by atoms with E-state index >= 15 is 0 Å². The van der Waals surface area contributed by atoms with Gasteiger partial charge in [0.25, 0.3) is 0 Å². The number of piperidine rings is 2. The third-order valence-electron chi connectivity index (χ3n) is 8.83. The van der Waals surface area contributed by atoms with Crippen LogP contribution in [0.4, 0.5) is 0 Å². The van der Waals surface area contributed by atoms with E-state index in [4.69, 9.17) is 5.14 Å². The number of sulfonamides is 1. The summed E-state index contributed by atoms with van der Waals surface area (Å²) in [5, 5.41) is 21.0. The molecule has 4 aliphatic rings. The van der Waals surface area contributed by atoms with Crippen molar-refractivity contribution in [3.63, 3.8) is 0 Å². The highest BCUT2D eigenvalue weighted by Crippen LogP contribution is 2.36. The predicted molar refractivity (Wildman–Crippen MR) is 154 cm³/mol. The topological polar surface area (TPSA) is 125 Å². The minimum absolute atomic E-state index is 0.157. The lowest BCUT2D eigenvalue weighted by Crippen LogP contribution is -2.49. The van der Waals surface area contributed by atoms with Crippen LogP contribution >= 0.6 is 0 Å².